The first kappa shape index (κ1) is 18.8. The molecule has 0 aliphatic carbocycles. The van der Waals surface area contributed by atoms with E-state index in [0.717, 1.165) is 0 Å². The van der Waals surface area contributed by atoms with E-state index >= 15 is 0 Å². The predicted molar refractivity (Wildman–Crippen MR) is 96.3 cm³/mol. The molecule has 0 heterocycles. The SMILES string of the molecule is COc1ccc(NC(=O)C(=O)NCC(=O)Nc2cccc(OC)c2)cc1. The van der Waals surface area contributed by atoms with Crippen LogP contribution in [-0.4, -0.2) is 38.5 Å². The van der Waals surface area contributed by atoms with Gasteiger partial charge in [-0.15, -0.1) is 0 Å². The summed E-state index contributed by atoms with van der Waals surface area (Å²) in [5.41, 5.74) is 0.957. The Bertz CT molecular complexity index is 790. The number of amides is 3. The van der Waals surface area contributed by atoms with Crippen molar-refractivity contribution < 1.29 is 23.9 Å². The second-order valence-corrected chi connectivity index (χ2v) is 5.15. The molecule has 2 aromatic carbocycles. The molecule has 0 unspecified atom stereocenters. The zero-order valence-corrected chi connectivity index (χ0v) is 14.4. The lowest BCUT2D eigenvalue weighted by molar-refractivity contribution is -0.136. The van der Waals surface area contributed by atoms with E-state index < -0.39 is 17.7 Å². The molecule has 3 N–H and O–H groups in total. The summed E-state index contributed by atoms with van der Waals surface area (Å²) in [4.78, 5) is 35.5. The van der Waals surface area contributed by atoms with Gasteiger partial charge in [-0.1, -0.05) is 6.07 Å². The Hall–Kier alpha value is -3.55. The fourth-order valence-electron chi connectivity index (χ4n) is 2.01. The first-order valence-electron chi connectivity index (χ1n) is 7.69. The third-order valence-corrected chi connectivity index (χ3v) is 3.32. The Labute approximate surface area is 150 Å². The summed E-state index contributed by atoms with van der Waals surface area (Å²) in [6.07, 6.45) is 0. The van der Waals surface area contributed by atoms with Crippen LogP contribution in [0, 0.1) is 0 Å². The van der Waals surface area contributed by atoms with Crippen molar-refractivity contribution in [3.63, 3.8) is 0 Å². The fraction of sp³-hybridized carbons (Fsp3) is 0.167. The molecule has 26 heavy (non-hydrogen) atoms. The highest BCUT2D eigenvalue weighted by Gasteiger charge is 2.15. The minimum atomic E-state index is -0.915. The minimum absolute atomic E-state index is 0.341. The molecule has 0 aliphatic heterocycles. The highest BCUT2D eigenvalue weighted by atomic mass is 16.5. The number of anilines is 2. The van der Waals surface area contributed by atoms with E-state index in [9.17, 15) is 14.4 Å². The van der Waals surface area contributed by atoms with Crippen LogP contribution in [0.2, 0.25) is 0 Å². The molecule has 3 amide bonds. The van der Waals surface area contributed by atoms with Crippen molar-refractivity contribution >= 4 is 29.1 Å². The van der Waals surface area contributed by atoms with Gasteiger partial charge in [0.2, 0.25) is 5.91 Å². The Kier molecular flexibility index (Phi) is 6.55. The summed E-state index contributed by atoms with van der Waals surface area (Å²) in [6.45, 7) is -0.341. The number of hydrogen-bond acceptors (Lipinski definition) is 5. The van der Waals surface area contributed by atoms with Gasteiger partial charge in [0.15, 0.2) is 0 Å². The molecule has 2 aromatic rings. The van der Waals surface area contributed by atoms with Gasteiger partial charge in [-0.3, -0.25) is 14.4 Å². The normalized spacial score (nSPS) is 9.77. The second-order valence-electron chi connectivity index (χ2n) is 5.15. The van der Waals surface area contributed by atoms with Crippen molar-refractivity contribution in [2.24, 2.45) is 0 Å². The summed E-state index contributed by atoms with van der Waals surface area (Å²) < 4.78 is 10.1. The van der Waals surface area contributed by atoms with Gasteiger partial charge < -0.3 is 25.4 Å². The monoisotopic (exact) mass is 357 g/mol. The van der Waals surface area contributed by atoms with Crippen molar-refractivity contribution in [2.75, 3.05) is 31.4 Å². The second kappa shape index (κ2) is 9.07. The molecule has 8 heteroatoms. The van der Waals surface area contributed by atoms with Gasteiger partial charge in [0.25, 0.3) is 0 Å². The van der Waals surface area contributed by atoms with Crippen LogP contribution < -0.4 is 25.4 Å². The molecule has 2 rings (SSSR count). The number of rotatable bonds is 6. The zero-order valence-electron chi connectivity index (χ0n) is 14.4. The van der Waals surface area contributed by atoms with Crippen LogP contribution in [0.25, 0.3) is 0 Å². The van der Waals surface area contributed by atoms with Crippen LogP contribution in [0.5, 0.6) is 11.5 Å². The van der Waals surface area contributed by atoms with Gasteiger partial charge >= 0.3 is 11.8 Å². The summed E-state index contributed by atoms with van der Waals surface area (Å²) in [5, 5.41) is 7.28. The van der Waals surface area contributed by atoms with Crippen molar-refractivity contribution in [2.45, 2.75) is 0 Å². The van der Waals surface area contributed by atoms with Gasteiger partial charge in [0.05, 0.1) is 20.8 Å². The van der Waals surface area contributed by atoms with Gasteiger partial charge in [0.1, 0.15) is 11.5 Å². The largest absolute Gasteiger partial charge is 0.497 e. The van der Waals surface area contributed by atoms with Crippen LogP contribution in [0.3, 0.4) is 0 Å². The lowest BCUT2D eigenvalue weighted by atomic mass is 10.3. The van der Waals surface area contributed by atoms with E-state index in [2.05, 4.69) is 16.0 Å². The van der Waals surface area contributed by atoms with Gasteiger partial charge in [-0.25, -0.2) is 0 Å². The summed E-state index contributed by atoms with van der Waals surface area (Å²) in [5.74, 6) is -1.04. The standard InChI is InChI=1S/C18H19N3O5/c1-25-14-8-6-12(7-9-14)21-18(24)17(23)19-11-16(22)20-13-4-3-5-15(10-13)26-2/h3-10H,11H2,1-2H3,(H,19,23)(H,20,22)(H,21,24). The molecule has 0 saturated carbocycles. The predicted octanol–water partition coefficient (Wildman–Crippen LogP) is 1.40. The van der Waals surface area contributed by atoms with Crippen molar-refractivity contribution in [1.29, 1.82) is 0 Å². The molecular weight excluding hydrogens is 338 g/mol. The zero-order chi connectivity index (χ0) is 18.9. The maximum Gasteiger partial charge on any atom is 0.313 e. The van der Waals surface area contributed by atoms with Crippen LogP contribution in [0.4, 0.5) is 11.4 Å². The van der Waals surface area contributed by atoms with E-state index in [0.29, 0.717) is 22.9 Å². The molecular formula is C18H19N3O5. The van der Waals surface area contributed by atoms with Crippen molar-refractivity contribution in [3.05, 3.63) is 48.5 Å². The third-order valence-electron chi connectivity index (χ3n) is 3.32. The lowest BCUT2D eigenvalue weighted by Crippen LogP contribution is -2.39. The van der Waals surface area contributed by atoms with Gasteiger partial charge in [-0.05, 0) is 36.4 Å². The molecule has 0 spiro atoms. The fourth-order valence-corrected chi connectivity index (χ4v) is 2.01. The van der Waals surface area contributed by atoms with Crippen LogP contribution in [-0.2, 0) is 14.4 Å². The maximum absolute atomic E-state index is 11.9. The first-order valence-corrected chi connectivity index (χ1v) is 7.69. The first-order chi connectivity index (χ1) is 12.5. The molecule has 0 aliphatic rings. The third kappa shape index (κ3) is 5.52. The Balaban J connectivity index is 1.80. The molecule has 0 fully saturated rings. The quantitative estimate of drug-likeness (QED) is 0.678. The van der Waals surface area contributed by atoms with E-state index in [1.54, 1.807) is 48.5 Å². The molecule has 136 valence electrons. The average molecular weight is 357 g/mol. The van der Waals surface area contributed by atoms with E-state index in [-0.39, 0.29) is 6.54 Å². The number of benzene rings is 2. The highest BCUT2D eigenvalue weighted by molar-refractivity contribution is 6.39. The molecule has 0 aromatic heterocycles. The smallest absolute Gasteiger partial charge is 0.313 e. The molecule has 8 nitrogen and oxygen atoms in total. The molecule has 0 radical (unpaired) electrons. The Morgan fingerprint density at radius 1 is 0.808 bits per heavy atom. The lowest BCUT2D eigenvalue weighted by Gasteiger charge is -2.09. The Morgan fingerprint density at radius 2 is 1.50 bits per heavy atom. The van der Waals surface area contributed by atoms with Crippen molar-refractivity contribution in [1.82, 2.24) is 5.32 Å². The maximum atomic E-state index is 11.9. The average Bonchev–Trinajstić information content (AvgIpc) is 2.66. The molecule has 0 saturated heterocycles. The Morgan fingerprint density at radius 3 is 2.15 bits per heavy atom. The van der Waals surface area contributed by atoms with E-state index in [1.807, 2.05) is 0 Å². The number of carbonyl (C=O) groups is 3. The van der Waals surface area contributed by atoms with Crippen LogP contribution in [0.1, 0.15) is 0 Å². The van der Waals surface area contributed by atoms with Crippen LogP contribution in [0.15, 0.2) is 48.5 Å². The summed E-state index contributed by atoms with van der Waals surface area (Å²) in [6, 6.07) is 13.3. The van der Waals surface area contributed by atoms with E-state index in [1.165, 1.54) is 14.2 Å². The molecule has 0 bridgehead atoms. The van der Waals surface area contributed by atoms with E-state index in [4.69, 9.17) is 9.47 Å². The highest BCUT2D eigenvalue weighted by Crippen LogP contribution is 2.16. The van der Waals surface area contributed by atoms with Gasteiger partial charge in [-0.2, -0.15) is 0 Å². The number of ether oxygens (including phenoxy) is 2. The van der Waals surface area contributed by atoms with Crippen LogP contribution >= 0.6 is 0 Å². The van der Waals surface area contributed by atoms with Crippen molar-refractivity contribution in [3.8, 4) is 11.5 Å². The topological polar surface area (TPSA) is 106 Å². The number of hydrogen-bond donors (Lipinski definition) is 3. The summed E-state index contributed by atoms with van der Waals surface area (Å²) >= 11 is 0. The number of methoxy groups -OCH3 is 2. The summed E-state index contributed by atoms with van der Waals surface area (Å²) in [7, 11) is 3.04. The number of carbonyl (C=O) groups excluding carboxylic acids is 3. The minimum Gasteiger partial charge on any atom is -0.497 e. The molecule has 0 atom stereocenters. The number of nitrogens with one attached hydrogen (secondary N) is 3. The van der Waals surface area contributed by atoms with Gasteiger partial charge in [0, 0.05) is 17.4 Å².